The smallest absolute Gasteiger partial charge is 0.0628 e. The van der Waals surface area contributed by atoms with Gasteiger partial charge in [0.1, 0.15) is 0 Å². The largest absolute Gasteiger partial charge is 0.394 e. The first-order chi connectivity index (χ1) is 9.04. The number of benzene rings is 1. The van der Waals surface area contributed by atoms with Crippen LogP contribution < -0.4 is 5.32 Å². The second-order valence-electron chi connectivity index (χ2n) is 5.91. The molecule has 0 amide bonds. The fourth-order valence-electron chi connectivity index (χ4n) is 2.93. The molecule has 0 radical (unpaired) electrons. The van der Waals surface area contributed by atoms with Gasteiger partial charge in [-0.15, -0.1) is 12.4 Å². The van der Waals surface area contributed by atoms with Gasteiger partial charge in [-0.25, -0.2) is 0 Å². The Kier molecular flexibility index (Phi) is 6.95. The summed E-state index contributed by atoms with van der Waals surface area (Å²) in [6.07, 6.45) is 1.20. The molecule has 1 aromatic carbocycles. The zero-order chi connectivity index (χ0) is 13.9. The highest BCUT2D eigenvalue weighted by Gasteiger charge is 2.31. The van der Waals surface area contributed by atoms with Gasteiger partial charge in [-0.2, -0.15) is 0 Å². The third-order valence-electron chi connectivity index (χ3n) is 4.03. The summed E-state index contributed by atoms with van der Waals surface area (Å²) in [6.45, 7) is 5.63. The Morgan fingerprint density at radius 3 is 2.80 bits per heavy atom. The molecule has 20 heavy (non-hydrogen) atoms. The van der Waals surface area contributed by atoms with Crippen molar-refractivity contribution in [2.75, 3.05) is 33.3 Å². The highest BCUT2D eigenvalue weighted by Crippen LogP contribution is 2.29. The van der Waals surface area contributed by atoms with E-state index in [2.05, 4.69) is 52.3 Å². The summed E-state index contributed by atoms with van der Waals surface area (Å²) in [5.74, 6) is 0. The van der Waals surface area contributed by atoms with E-state index >= 15 is 0 Å². The van der Waals surface area contributed by atoms with Gasteiger partial charge in [0.2, 0.25) is 0 Å². The Morgan fingerprint density at radius 2 is 2.25 bits per heavy atom. The molecule has 2 rings (SSSR count). The molecular weight excluding hydrogens is 340 g/mol. The lowest BCUT2D eigenvalue weighted by Crippen LogP contribution is -2.38. The molecule has 1 aromatic rings. The number of halogens is 2. The lowest BCUT2D eigenvalue weighted by molar-refractivity contribution is 0.108. The molecule has 3 nitrogen and oxygen atoms in total. The number of hydrogen-bond acceptors (Lipinski definition) is 3. The van der Waals surface area contributed by atoms with Gasteiger partial charge in [0.15, 0.2) is 0 Å². The molecule has 1 aliphatic rings. The summed E-state index contributed by atoms with van der Waals surface area (Å²) in [5, 5.41) is 13.2. The van der Waals surface area contributed by atoms with Gasteiger partial charge >= 0.3 is 0 Å². The molecule has 0 aromatic heterocycles. The number of rotatable bonds is 5. The molecule has 0 aliphatic carbocycles. The Balaban J connectivity index is 0.00000200. The Morgan fingerprint density at radius 1 is 1.50 bits per heavy atom. The zero-order valence-corrected chi connectivity index (χ0v) is 14.5. The predicted molar refractivity (Wildman–Crippen MR) is 89.4 cm³/mol. The molecule has 1 fully saturated rings. The molecule has 0 spiro atoms. The SMILES string of the molecule is CN(CC1(C)CCNC1)C(CO)c1cccc(Br)c1.Cl. The minimum absolute atomic E-state index is 0. The van der Waals surface area contributed by atoms with Gasteiger partial charge in [0.25, 0.3) is 0 Å². The fourth-order valence-corrected chi connectivity index (χ4v) is 3.35. The third-order valence-corrected chi connectivity index (χ3v) is 4.52. The van der Waals surface area contributed by atoms with E-state index in [-0.39, 0.29) is 25.1 Å². The van der Waals surface area contributed by atoms with Crippen molar-refractivity contribution in [3.8, 4) is 0 Å². The maximum atomic E-state index is 9.73. The molecule has 2 atom stereocenters. The van der Waals surface area contributed by atoms with Crippen LogP contribution in [0.25, 0.3) is 0 Å². The van der Waals surface area contributed by atoms with Crippen LogP contribution >= 0.6 is 28.3 Å². The highest BCUT2D eigenvalue weighted by atomic mass is 79.9. The van der Waals surface area contributed by atoms with Crippen molar-refractivity contribution in [3.63, 3.8) is 0 Å². The minimum Gasteiger partial charge on any atom is -0.394 e. The van der Waals surface area contributed by atoms with Crippen molar-refractivity contribution < 1.29 is 5.11 Å². The normalized spacial score (nSPS) is 23.6. The summed E-state index contributed by atoms with van der Waals surface area (Å²) >= 11 is 3.50. The Bertz CT molecular complexity index is 424. The lowest BCUT2D eigenvalue weighted by atomic mass is 9.88. The van der Waals surface area contributed by atoms with E-state index in [0.29, 0.717) is 5.41 Å². The topological polar surface area (TPSA) is 35.5 Å². The van der Waals surface area contributed by atoms with Gasteiger partial charge in [-0.05, 0) is 43.1 Å². The molecule has 1 aliphatic heterocycles. The van der Waals surface area contributed by atoms with Crippen LogP contribution in [0.15, 0.2) is 28.7 Å². The van der Waals surface area contributed by atoms with Gasteiger partial charge in [-0.3, -0.25) is 4.90 Å². The van der Waals surface area contributed by atoms with Crippen molar-refractivity contribution in [1.82, 2.24) is 10.2 Å². The van der Waals surface area contributed by atoms with Crippen LogP contribution in [0.3, 0.4) is 0 Å². The van der Waals surface area contributed by atoms with Crippen LogP contribution in [-0.2, 0) is 0 Å². The number of nitrogens with zero attached hydrogens (tertiary/aromatic N) is 1. The summed E-state index contributed by atoms with van der Waals surface area (Å²) < 4.78 is 1.06. The quantitative estimate of drug-likeness (QED) is 0.844. The minimum atomic E-state index is 0. The van der Waals surface area contributed by atoms with Crippen LogP contribution in [0, 0.1) is 5.41 Å². The molecule has 1 heterocycles. The van der Waals surface area contributed by atoms with Crippen molar-refractivity contribution >= 4 is 28.3 Å². The van der Waals surface area contributed by atoms with E-state index in [4.69, 9.17) is 0 Å². The van der Waals surface area contributed by atoms with Crippen molar-refractivity contribution in [3.05, 3.63) is 34.3 Å². The van der Waals surface area contributed by atoms with Crippen LogP contribution in [0.1, 0.15) is 24.9 Å². The van der Waals surface area contributed by atoms with E-state index < -0.39 is 0 Å². The number of aliphatic hydroxyl groups is 1. The molecule has 0 saturated carbocycles. The van der Waals surface area contributed by atoms with Gasteiger partial charge in [0, 0.05) is 17.6 Å². The first-order valence-corrected chi connectivity index (χ1v) is 7.61. The maximum Gasteiger partial charge on any atom is 0.0628 e. The summed E-state index contributed by atoms with van der Waals surface area (Å²) in [7, 11) is 2.10. The van der Waals surface area contributed by atoms with Gasteiger partial charge in [0.05, 0.1) is 12.6 Å². The average molecular weight is 364 g/mol. The first-order valence-electron chi connectivity index (χ1n) is 6.81. The highest BCUT2D eigenvalue weighted by molar-refractivity contribution is 9.10. The second kappa shape index (κ2) is 7.76. The second-order valence-corrected chi connectivity index (χ2v) is 6.82. The van der Waals surface area contributed by atoms with Crippen LogP contribution in [-0.4, -0.2) is 43.3 Å². The van der Waals surface area contributed by atoms with E-state index in [9.17, 15) is 5.11 Å². The van der Waals surface area contributed by atoms with Crippen LogP contribution in [0.2, 0.25) is 0 Å². The van der Waals surface area contributed by atoms with Crippen molar-refractivity contribution in [2.45, 2.75) is 19.4 Å². The van der Waals surface area contributed by atoms with E-state index in [0.717, 1.165) is 29.7 Å². The number of aliphatic hydroxyl groups excluding tert-OH is 1. The average Bonchev–Trinajstić information content (AvgIpc) is 2.76. The van der Waals surface area contributed by atoms with Crippen molar-refractivity contribution in [2.24, 2.45) is 5.41 Å². The molecular formula is C15H24BrClN2O. The summed E-state index contributed by atoms with van der Waals surface area (Å²) in [5.41, 5.74) is 1.47. The van der Waals surface area contributed by atoms with Gasteiger partial charge < -0.3 is 10.4 Å². The number of likely N-dealkylation sites (N-methyl/N-ethyl adjacent to an activating group) is 1. The van der Waals surface area contributed by atoms with Crippen molar-refractivity contribution in [1.29, 1.82) is 0 Å². The Labute approximate surface area is 136 Å². The number of nitrogens with one attached hydrogen (secondary N) is 1. The third kappa shape index (κ3) is 4.43. The first kappa shape index (κ1) is 17.9. The van der Waals surface area contributed by atoms with Crippen LogP contribution in [0.5, 0.6) is 0 Å². The standard InChI is InChI=1S/C15H23BrN2O.ClH/c1-15(6-7-17-10-15)11-18(2)14(9-19)12-4-3-5-13(16)8-12;/h3-5,8,14,17,19H,6-7,9-11H2,1-2H3;1H. The maximum absolute atomic E-state index is 9.73. The van der Waals surface area contributed by atoms with E-state index in [1.807, 2.05) is 12.1 Å². The van der Waals surface area contributed by atoms with Gasteiger partial charge in [-0.1, -0.05) is 35.0 Å². The monoisotopic (exact) mass is 362 g/mol. The van der Waals surface area contributed by atoms with E-state index in [1.54, 1.807) is 0 Å². The predicted octanol–water partition coefficient (Wildman–Crippen LogP) is 2.84. The Hall–Kier alpha value is -0.130. The van der Waals surface area contributed by atoms with E-state index in [1.165, 1.54) is 6.42 Å². The molecule has 2 unspecified atom stereocenters. The molecule has 1 saturated heterocycles. The summed E-state index contributed by atoms with van der Waals surface area (Å²) in [4.78, 5) is 2.27. The molecule has 114 valence electrons. The fraction of sp³-hybridized carbons (Fsp3) is 0.600. The molecule has 5 heteroatoms. The summed E-state index contributed by atoms with van der Waals surface area (Å²) in [6, 6.07) is 8.27. The molecule has 2 N–H and O–H groups in total. The zero-order valence-electron chi connectivity index (χ0n) is 12.1. The lowest BCUT2D eigenvalue weighted by Gasteiger charge is -2.34. The number of hydrogen-bond donors (Lipinski definition) is 2. The molecule has 0 bridgehead atoms. The van der Waals surface area contributed by atoms with Crippen LogP contribution in [0.4, 0.5) is 0 Å².